The first kappa shape index (κ1) is 12.7. The number of piperidine rings is 1. The van der Waals surface area contributed by atoms with Gasteiger partial charge < -0.3 is 14.5 Å². The Balaban J connectivity index is 1.97. The van der Waals surface area contributed by atoms with Gasteiger partial charge in [-0.25, -0.2) is 4.79 Å². The van der Waals surface area contributed by atoms with E-state index in [2.05, 4.69) is 11.9 Å². The Labute approximate surface area is 104 Å². The quantitative estimate of drug-likeness (QED) is 0.649. The fourth-order valence-corrected chi connectivity index (χ4v) is 2.91. The maximum absolute atomic E-state index is 12.1. The standard InChI is InChI=1S/C13H24N2O2/c1-13(2,3)17-12(16)15-8-5-10-9-14(4)7-6-11(10)15/h10-11H,5-9H2,1-4H3. The molecule has 0 spiro atoms. The minimum Gasteiger partial charge on any atom is -0.444 e. The summed E-state index contributed by atoms with van der Waals surface area (Å²) in [5, 5.41) is 0. The van der Waals surface area contributed by atoms with Crippen molar-refractivity contribution in [3.05, 3.63) is 0 Å². The van der Waals surface area contributed by atoms with E-state index in [-0.39, 0.29) is 11.7 Å². The molecule has 0 aromatic rings. The van der Waals surface area contributed by atoms with Gasteiger partial charge in [-0.15, -0.1) is 0 Å². The van der Waals surface area contributed by atoms with Crippen molar-refractivity contribution in [3.8, 4) is 0 Å². The first-order chi connectivity index (χ1) is 7.87. The van der Waals surface area contributed by atoms with Crippen molar-refractivity contribution in [2.45, 2.75) is 45.3 Å². The van der Waals surface area contributed by atoms with Gasteiger partial charge in [-0.1, -0.05) is 0 Å². The summed E-state index contributed by atoms with van der Waals surface area (Å²) in [6, 6.07) is 0.404. The lowest BCUT2D eigenvalue weighted by molar-refractivity contribution is 0.0154. The zero-order valence-electron chi connectivity index (χ0n) is 11.4. The normalized spacial score (nSPS) is 30.2. The van der Waals surface area contributed by atoms with Gasteiger partial charge >= 0.3 is 6.09 Å². The molecule has 1 amide bonds. The summed E-state index contributed by atoms with van der Waals surface area (Å²) in [5.74, 6) is 0.640. The molecule has 17 heavy (non-hydrogen) atoms. The highest BCUT2D eigenvalue weighted by Crippen LogP contribution is 2.31. The van der Waals surface area contributed by atoms with Gasteiger partial charge in [0.1, 0.15) is 5.60 Å². The van der Waals surface area contributed by atoms with Crippen LogP contribution in [0, 0.1) is 5.92 Å². The number of fused-ring (bicyclic) bond motifs is 1. The molecule has 0 N–H and O–H groups in total. The second-order valence-electron chi connectivity index (χ2n) is 6.34. The molecule has 0 aromatic heterocycles. The van der Waals surface area contributed by atoms with Crippen LogP contribution in [-0.2, 0) is 4.74 Å². The molecule has 4 heteroatoms. The first-order valence-corrected chi connectivity index (χ1v) is 6.55. The van der Waals surface area contributed by atoms with Crippen LogP contribution in [0.15, 0.2) is 0 Å². The lowest BCUT2D eigenvalue weighted by Crippen LogP contribution is -2.47. The maximum atomic E-state index is 12.1. The average molecular weight is 240 g/mol. The molecular formula is C13H24N2O2. The highest BCUT2D eigenvalue weighted by molar-refractivity contribution is 5.69. The molecule has 2 unspecified atom stereocenters. The van der Waals surface area contributed by atoms with E-state index in [0.29, 0.717) is 12.0 Å². The number of hydrogen-bond donors (Lipinski definition) is 0. The summed E-state index contributed by atoms with van der Waals surface area (Å²) in [5.41, 5.74) is -0.388. The largest absolute Gasteiger partial charge is 0.444 e. The van der Waals surface area contributed by atoms with Crippen molar-refractivity contribution in [3.63, 3.8) is 0 Å². The van der Waals surface area contributed by atoms with Crippen LogP contribution in [0.3, 0.4) is 0 Å². The number of hydrogen-bond acceptors (Lipinski definition) is 3. The molecule has 0 bridgehead atoms. The zero-order chi connectivity index (χ0) is 12.6. The van der Waals surface area contributed by atoms with Gasteiger partial charge in [0, 0.05) is 19.1 Å². The van der Waals surface area contributed by atoms with Crippen LogP contribution in [0.25, 0.3) is 0 Å². The molecule has 98 valence electrons. The monoisotopic (exact) mass is 240 g/mol. The molecule has 0 saturated carbocycles. The maximum Gasteiger partial charge on any atom is 0.410 e. The van der Waals surface area contributed by atoms with Crippen LogP contribution in [0.2, 0.25) is 0 Å². The number of amides is 1. The van der Waals surface area contributed by atoms with Gasteiger partial charge in [-0.05, 0) is 53.1 Å². The topological polar surface area (TPSA) is 32.8 Å². The zero-order valence-corrected chi connectivity index (χ0v) is 11.4. The van der Waals surface area contributed by atoms with E-state index in [1.165, 1.54) is 0 Å². The van der Waals surface area contributed by atoms with Crippen LogP contribution in [0.1, 0.15) is 33.6 Å². The van der Waals surface area contributed by atoms with Crippen molar-refractivity contribution in [2.75, 3.05) is 26.7 Å². The molecule has 2 atom stereocenters. The number of rotatable bonds is 0. The molecule has 2 heterocycles. The highest BCUT2D eigenvalue weighted by atomic mass is 16.6. The van der Waals surface area contributed by atoms with Crippen LogP contribution in [0.4, 0.5) is 4.79 Å². The number of nitrogens with zero attached hydrogens (tertiary/aromatic N) is 2. The lowest BCUT2D eigenvalue weighted by atomic mass is 9.93. The molecule has 2 saturated heterocycles. The van der Waals surface area contributed by atoms with Crippen LogP contribution >= 0.6 is 0 Å². The fourth-order valence-electron chi connectivity index (χ4n) is 2.91. The number of carbonyl (C=O) groups excluding carboxylic acids is 1. The summed E-state index contributed by atoms with van der Waals surface area (Å²) in [7, 11) is 2.16. The summed E-state index contributed by atoms with van der Waals surface area (Å²) in [6.07, 6.45) is 2.07. The fraction of sp³-hybridized carbons (Fsp3) is 0.923. The molecule has 4 nitrogen and oxygen atoms in total. The van der Waals surface area contributed by atoms with E-state index in [1.807, 2.05) is 25.7 Å². The van der Waals surface area contributed by atoms with Gasteiger partial charge in [-0.3, -0.25) is 0 Å². The van der Waals surface area contributed by atoms with E-state index < -0.39 is 0 Å². The van der Waals surface area contributed by atoms with E-state index in [9.17, 15) is 4.79 Å². The average Bonchev–Trinajstić information content (AvgIpc) is 2.57. The van der Waals surface area contributed by atoms with Gasteiger partial charge in [0.2, 0.25) is 0 Å². The predicted molar refractivity (Wildman–Crippen MR) is 66.9 cm³/mol. The second kappa shape index (κ2) is 4.48. The van der Waals surface area contributed by atoms with Gasteiger partial charge in [0.05, 0.1) is 0 Å². The Hall–Kier alpha value is -0.770. The smallest absolute Gasteiger partial charge is 0.410 e. The predicted octanol–water partition coefficient (Wildman–Crippen LogP) is 1.95. The Morgan fingerprint density at radius 3 is 2.59 bits per heavy atom. The van der Waals surface area contributed by atoms with Crippen LogP contribution in [0.5, 0.6) is 0 Å². The summed E-state index contributed by atoms with van der Waals surface area (Å²) in [4.78, 5) is 16.4. The van der Waals surface area contributed by atoms with Gasteiger partial charge in [0.15, 0.2) is 0 Å². The van der Waals surface area contributed by atoms with Gasteiger partial charge in [0.25, 0.3) is 0 Å². The Kier molecular flexibility index (Phi) is 3.34. The van der Waals surface area contributed by atoms with E-state index in [0.717, 1.165) is 32.5 Å². The minimum atomic E-state index is -0.388. The van der Waals surface area contributed by atoms with Gasteiger partial charge in [-0.2, -0.15) is 0 Å². The van der Waals surface area contributed by atoms with E-state index in [1.54, 1.807) is 0 Å². The van der Waals surface area contributed by atoms with Crippen molar-refractivity contribution < 1.29 is 9.53 Å². The minimum absolute atomic E-state index is 0.130. The van der Waals surface area contributed by atoms with Crippen LogP contribution < -0.4 is 0 Å². The number of carbonyl (C=O) groups is 1. The van der Waals surface area contributed by atoms with E-state index in [4.69, 9.17) is 4.74 Å². The van der Waals surface area contributed by atoms with Crippen molar-refractivity contribution in [1.29, 1.82) is 0 Å². The molecule has 2 aliphatic rings. The molecule has 2 aliphatic heterocycles. The SMILES string of the molecule is CN1CCC2C(CCN2C(=O)OC(C)(C)C)C1. The second-order valence-corrected chi connectivity index (χ2v) is 6.34. The Bertz CT molecular complexity index is 298. The van der Waals surface area contributed by atoms with Crippen molar-refractivity contribution in [2.24, 2.45) is 5.92 Å². The molecule has 0 aliphatic carbocycles. The van der Waals surface area contributed by atoms with Crippen LogP contribution in [-0.4, -0.2) is 54.2 Å². The molecule has 2 fully saturated rings. The summed E-state index contributed by atoms with van der Waals surface area (Å²) >= 11 is 0. The molecule has 2 rings (SSSR count). The lowest BCUT2D eigenvalue weighted by Gasteiger charge is -2.36. The third-order valence-electron chi connectivity index (χ3n) is 3.67. The number of likely N-dealkylation sites (tertiary alicyclic amines) is 2. The summed E-state index contributed by atoms with van der Waals surface area (Å²) in [6.45, 7) is 8.83. The highest BCUT2D eigenvalue weighted by Gasteiger charge is 2.41. The van der Waals surface area contributed by atoms with Crippen molar-refractivity contribution >= 4 is 6.09 Å². The first-order valence-electron chi connectivity index (χ1n) is 6.55. The molecule has 0 aromatic carbocycles. The van der Waals surface area contributed by atoms with E-state index >= 15 is 0 Å². The Morgan fingerprint density at radius 2 is 1.94 bits per heavy atom. The summed E-state index contributed by atoms with van der Waals surface area (Å²) < 4.78 is 5.47. The van der Waals surface area contributed by atoms with Crippen molar-refractivity contribution in [1.82, 2.24) is 9.80 Å². The molecular weight excluding hydrogens is 216 g/mol. The number of ether oxygens (including phenoxy) is 1. The Morgan fingerprint density at radius 1 is 1.24 bits per heavy atom. The molecule has 0 radical (unpaired) electrons. The third kappa shape index (κ3) is 2.92. The third-order valence-corrected chi connectivity index (χ3v) is 3.67.